The summed E-state index contributed by atoms with van der Waals surface area (Å²) in [6.07, 6.45) is -3.32. The van der Waals surface area contributed by atoms with E-state index in [1.165, 1.54) is 0 Å². The highest BCUT2D eigenvalue weighted by atomic mass is 19.4. The number of hydrogen-bond acceptors (Lipinski definition) is 2. The molecule has 1 aromatic carbocycles. The summed E-state index contributed by atoms with van der Waals surface area (Å²) in [6.45, 7) is 5.00. The average molecular weight is 364 g/mol. The fourth-order valence-corrected chi connectivity index (χ4v) is 2.81. The van der Waals surface area contributed by atoms with Gasteiger partial charge in [0.05, 0.1) is 13.2 Å². The second-order valence-electron chi connectivity index (χ2n) is 6.30. The molecule has 140 valence electrons. The van der Waals surface area contributed by atoms with Crippen LogP contribution >= 0.6 is 0 Å². The molecule has 0 aromatic heterocycles. The van der Waals surface area contributed by atoms with Gasteiger partial charge in [-0.15, -0.1) is 0 Å². The Bertz CT molecular complexity index is 581. The van der Waals surface area contributed by atoms with E-state index < -0.39 is 29.7 Å². The van der Waals surface area contributed by atoms with Crippen molar-refractivity contribution in [1.29, 1.82) is 0 Å². The first kappa shape index (κ1) is 19.8. The molecule has 1 aliphatic rings. The molecule has 2 rings (SSSR count). The second kappa shape index (κ2) is 8.27. The number of halogens is 5. The van der Waals surface area contributed by atoms with Crippen LogP contribution in [0.2, 0.25) is 0 Å². The van der Waals surface area contributed by atoms with Gasteiger partial charge in [-0.05, 0) is 24.1 Å². The molecule has 0 aliphatic carbocycles. The molecule has 1 aliphatic heterocycles. The lowest BCUT2D eigenvalue weighted by Gasteiger charge is -2.33. The smallest absolute Gasteiger partial charge is 0.348 e. The van der Waals surface area contributed by atoms with Gasteiger partial charge in [0.25, 0.3) is 0 Å². The summed E-state index contributed by atoms with van der Waals surface area (Å²) in [6, 6.07) is 1.89. The lowest BCUT2D eigenvalue weighted by atomic mass is 9.91. The molecule has 1 fully saturated rings. The third kappa shape index (κ3) is 5.51. The van der Waals surface area contributed by atoms with Crippen molar-refractivity contribution in [1.82, 2.24) is 0 Å². The molecular formula is C18H21F5O2. The maximum absolute atomic E-state index is 14.0. The zero-order valence-corrected chi connectivity index (χ0v) is 14.1. The van der Waals surface area contributed by atoms with Gasteiger partial charge in [0.15, 0.2) is 6.29 Å². The quantitative estimate of drug-likeness (QED) is 0.630. The molecule has 0 radical (unpaired) electrons. The summed E-state index contributed by atoms with van der Waals surface area (Å²) in [4.78, 5) is 0. The van der Waals surface area contributed by atoms with Crippen LogP contribution in [0.4, 0.5) is 22.0 Å². The fourth-order valence-electron chi connectivity index (χ4n) is 2.81. The molecule has 1 atom stereocenters. The third-order valence-corrected chi connectivity index (χ3v) is 4.28. The van der Waals surface area contributed by atoms with Gasteiger partial charge in [-0.2, -0.15) is 13.2 Å². The van der Waals surface area contributed by atoms with Gasteiger partial charge >= 0.3 is 6.18 Å². The summed E-state index contributed by atoms with van der Waals surface area (Å²) in [7, 11) is 0. The number of hydrogen-bond donors (Lipinski definition) is 0. The molecule has 1 unspecified atom stereocenters. The van der Waals surface area contributed by atoms with Gasteiger partial charge in [0, 0.05) is 23.1 Å². The van der Waals surface area contributed by atoms with E-state index >= 15 is 0 Å². The van der Waals surface area contributed by atoms with Crippen molar-refractivity contribution in [3.05, 3.63) is 41.0 Å². The Hall–Kier alpha value is -1.47. The Morgan fingerprint density at radius 1 is 1.16 bits per heavy atom. The molecule has 0 bridgehead atoms. The third-order valence-electron chi connectivity index (χ3n) is 4.28. The Balaban J connectivity index is 2.08. The SMILES string of the molecule is CCCC(C)C1COC(c2cc(F)c(/C=C/C(F)(F)F)c(F)c2)OC1. The zero-order valence-electron chi connectivity index (χ0n) is 14.1. The highest BCUT2D eigenvalue weighted by Crippen LogP contribution is 2.31. The number of alkyl halides is 3. The van der Waals surface area contributed by atoms with Crippen molar-refractivity contribution in [3.63, 3.8) is 0 Å². The van der Waals surface area contributed by atoms with Crippen LogP contribution in [0.15, 0.2) is 18.2 Å². The maximum Gasteiger partial charge on any atom is 0.409 e. The summed E-state index contributed by atoms with van der Waals surface area (Å²) in [5, 5.41) is 0. The van der Waals surface area contributed by atoms with Crippen molar-refractivity contribution in [2.75, 3.05) is 13.2 Å². The van der Waals surface area contributed by atoms with Gasteiger partial charge in [0.1, 0.15) is 11.6 Å². The van der Waals surface area contributed by atoms with Crippen LogP contribution in [-0.2, 0) is 9.47 Å². The lowest BCUT2D eigenvalue weighted by Crippen LogP contribution is -2.31. The standard InChI is InChI=1S/C18H21F5O2/c1-3-4-11(2)13-9-24-17(25-10-13)12-7-15(19)14(16(20)8-12)5-6-18(21,22)23/h5-8,11,13,17H,3-4,9-10H2,1-2H3/b6-5+. The van der Waals surface area contributed by atoms with Crippen LogP contribution in [0.5, 0.6) is 0 Å². The van der Waals surface area contributed by atoms with Gasteiger partial charge in [0.2, 0.25) is 0 Å². The minimum absolute atomic E-state index is 0.112. The van der Waals surface area contributed by atoms with Crippen LogP contribution in [0.1, 0.15) is 44.1 Å². The van der Waals surface area contributed by atoms with Crippen LogP contribution in [-0.4, -0.2) is 19.4 Å². The zero-order chi connectivity index (χ0) is 18.6. The summed E-state index contributed by atoms with van der Waals surface area (Å²) in [5.74, 6) is -1.57. The van der Waals surface area contributed by atoms with Gasteiger partial charge < -0.3 is 9.47 Å². The Morgan fingerprint density at radius 2 is 1.72 bits per heavy atom. The van der Waals surface area contributed by atoms with Crippen LogP contribution in [0, 0.1) is 23.5 Å². The van der Waals surface area contributed by atoms with Crippen LogP contribution in [0.25, 0.3) is 6.08 Å². The Kier molecular flexibility index (Phi) is 6.57. The van der Waals surface area contributed by atoms with Crippen molar-refractivity contribution < 1.29 is 31.4 Å². The topological polar surface area (TPSA) is 18.5 Å². The first-order valence-electron chi connectivity index (χ1n) is 8.19. The van der Waals surface area contributed by atoms with E-state index in [0.717, 1.165) is 25.0 Å². The predicted molar refractivity (Wildman–Crippen MR) is 83.7 cm³/mol. The van der Waals surface area contributed by atoms with Crippen LogP contribution in [0.3, 0.4) is 0 Å². The number of ether oxygens (including phenoxy) is 2. The summed E-state index contributed by atoms with van der Waals surface area (Å²) >= 11 is 0. The monoisotopic (exact) mass is 364 g/mol. The predicted octanol–water partition coefficient (Wildman–Crippen LogP) is 5.64. The normalized spacial score (nSPS) is 23.2. The van der Waals surface area contributed by atoms with E-state index in [4.69, 9.17) is 9.47 Å². The molecule has 0 N–H and O–H groups in total. The first-order chi connectivity index (χ1) is 11.7. The number of allylic oxidation sites excluding steroid dienone is 1. The lowest BCUT2D eigenvalue weighted by molar-refractivity contribution is -0.212. The molecule has 7 heteroatoms. The number of benzene rings is 1. The minimum atomic E-state index is -4.64. The van der Waals surface area contributed by atoms with Crippen molar-refractivity contribution in [2.45, 2.75) is 39.2 Å². The van der Waals surface area contributed by atoms with E-state index in [0.29, 0.717) is 25.2 Å². The van der Waals surface area contributed by atoms with E-state index in [1.54, 1.807) is 0 Å². The second-order valence-corrected chi connectivity index (χ2v) is 6.30. The average Bonchev–Trinajstić information content (AvgIpc) is 2.53. The molecule has 1 saturated heterocycles. The Labute approximate surface area is 143 Å². The van der Waals surface area contributed by atoms with Gasteiger partial charge in [-0.1, -0.05) is 26.7 Å². The highest BCUT2D eigenvalue weighted by Gasteiger charge is 2.28. The molecule has 2 nitrogen and oxygen atoms in total. The molecule has 25 heavy (non-hydrogen) atoms. The minimum Gasteiger partial charge on any atom is -0.348 e. The molecule has 1 aromatic rings. The molecule has 0 saturated carbocycles. The Morgan fingerprint density at radius 3 is 2.20 bits per heavy atom. The molecular weight excluding hydrogens is 343 g/mol. The van der Waals surface area contributed by atoms with E-state index in [2.05, 4.69) is 13.8 Å². The van der Waals surface area contributed by atoms with Crippen molar-refractivity contribution >= 4 is 6.08 Å². The van der Waals surface area contributed by atoms with E-state index in [9.17, 15) is 22.0 Å². The maximum atomic E-state index is 14.0. The summed E-state index contributed by atoms with van der Waals surface area (Å²) in [5.41, 5.74) is -0.632. The van der Waals surface area contributed by atoms with Crippen molar-refractivity contribution in [2.24, 2.45) is 11.8 Å². The number of rotatable bonds is 5. The molecule has 1 heterocycles. The summed E-state index contributed by atoms with van der Waals surface area (Å²) < 4.78 is 75.5. The van der Waals surface area contributed by atoms with E-state index in [-0.39, 0.29) is 17.6 Å². The van der Waals surface area contributed by atoms with Gasteiger partial charge in [-0.3, -0.25) is 0 Å². The first-order valence-corrected chi connectivity index (χ1v) is 8.19. The largest absolute Gasteiger partial charge is 0.409 e. The molecule has 0 spiro atoms. The fraction of sp³-hybridized carbons (Fsp3) is 0.556. The highest BCUT2D eigenvalue weighted by molar-refractivity contribution is 5.52. The van der Waals surface area contributed by atoms with Crippen LogP contribution < -0.4 is 0 Å². The van der Waals surface area contributed by atoms with Crippen molar-refractivity contribution in [3.8, 4) is 0 Å². The molecule has 0 amide bonds. The van der Waals surface area contributed by atoms with E-state index in [1.807, 2.05) is 0 Å². The van der Waals surface area contributed by atoms with Gasteiger partial charge in [-0.25, -0.2) is 8.78 Å².